The quantitative estimate of drug-likeness (QED) is 0.529. The third-order valence-electron chi connectivity index (χ3n) is 2.72. The summed E-state index contributed by atoms with van der Waals surface area (Å²) in [5, 5.41) is 9.04. The predicted molar refractivity (Wildman–Crippen MR) is 62.5 cm³/mol. The first-order chi connectivity index (χ1) is 6.24. The number of allylic oxidation sites excluding steroid dienone is 1. The van der Waals surface area contributed by atoms with Gasteiger partial charge in [-0.05, 0) is 31.1 Å². The molecule has 1 atom stereocenters. The Morgan fingerprint density at radius 2 is 1.86 bits per heavy atom. The van der Waals surface area contributed by atoms with Crippen molar-refractivity contribution in [1.82, 2.24) is 0 Å². The molecule has 0 spiro atoms. The van der Waals surface area contributed by atoms with Gasteiger partial charge in [-0.2, -0.15) is 5.26 Å². The molecular weight excluding hydrogens is 190 g/mol. The minimum Gasteiger partial charge on any atom is -0.398 e. The zero-order valence-electron chi connectivity index (χ0n) is 10.1. The van der Waals surface area contributed by atoms with E-state index in [0.717, 1.165) is 0 Å². The Hall–Kier alpha value is -0.593. The summed E-state index contributed by atoms with van der Waals surface area (Å²) in [6, 6.07) is 2.16. The van der Waals surface area contributed by atoms with Crippen molar-refractivity contribution in [3.05, 3.63) is 12.2 Å². The summed E-state index contributed by atoms with van der Waals surface area (Å²) >= 11 is 0. The molecule has 80 valence electrons. The summed E-state index contributed by atoms with van der Waals surface area (Å²) in [7, 11) is -1.80. The third-order valence-corrected chi connectivity index (χ3v) is 7.18. The molecule has 0 aliphatic carbocycles. The molecule has 14 heavy (non-hydrogen) atoms. The summed E-state index contributed by atoms with van der Waals surface area (Å²) in [6.45, 7) is 12.7. The average molecular weight is 211 g/mol. The van der Waals surface area contributed by atoms with Crippen molar-refractivity contribution >= 4 is 8.32 Å². The first-order valence-electron chi connectivity index (χ1n) is 4.95. The van der Waals surface area contributed by atoms with Crippen LogP contribution in [-0.4, -0.2) is 14.4 Å². The first-order valence-corrected chi connectivity index (χ1v) is 7.85. The Morgan fingerprint density at radius 3 is 2.14 bits per heavy atom. The zero-order chi connectivity index (χ0) is 11.4. The largest absolute Gasteiger partial charge is 0.398 e. The molecule has 0 aromatic heterocycles. The first kappa shape index (κ1) is 13.4. The van der Waals surface area contributed by atoms with E-state index in [1.54, 1.807) is 6.08 Å². The van der Waals surface area contributed by atoms with E-state index in [9.17, 15) is 0 Å². The Morgan fingerprint density at radius 1 is 1.36 bits per heavy atom. The highest BCUT2D eigenvalue weighted by Gasteiger charge is 2.38. The molecule has 2 nitrogen and oxygen atoms in total. The van der Waals surface area contributed by atoms with E-state index in [1.807, 2.05) is 13.0 Å². The second-order valence-corrected chi connectivity index (χ2v) is 9.71. The van der Waals surface area contributed by atoms with E-state index >= 15 is 0 Å². The van der Waals surface area contributed by atoms with Gasteiger partial charge in [0.2, 0.25) is 0 Å². The maximum Gasteiger partial charge on any atom is 0.194 e. The van der Waals surface area contributed by atoms with Gasteiger partial charge in [0.15, 0.2) is 14.4 Å². The topological polar surface area (TPSA) is 33.0 Å². The fraction of sp³-hybridized carbons (Fsp3) is 0.727. The van der Waals surface area contributed by atoms with E-state index in [4.69, 9.17) is 9.69 Å². The Bertz CT molecular complexity index is 245. The monoisotopic (exact) mass is 211 g/mol. The van der Waals surface area contributed by atoms with Crippen LogP contribution in [0.25, 0.3) is 0 Å². The van der Waals surface area contributed by atoms with Crippen LogP contribution in [0.5, 0.6) is 0 Å². The van der Waals surface area contributed by atoms with Crippen LogP contribution in [0.4, 0.5) is 0 Å². The van der Waals surface area contributed by atoms with Crippen LogP contribution in [-0.2, 0) is 4.43 Å². The van der Waals surface area contributed by atoms with Gasteiger partial charge < -0.3 is 4.43 Å². The van der Waals surface area contributed by atoms with Gasteiger partial charge in [-0.25, -0.2) is 0 Å². The molecule has 0 bridgehead atoms. The predicted octanol–water partition coefficient (Wildman–Crippen LogP) is 3.48. The highest BCUT2D eigenvalue weighted by molar-refractivity contribution is 6.74. The van der Waals surface area contributed by atoms with Crippen molar-refractivity contribution in [1.29, 1.82) is 5.26 Å². The number of hydrogen-bond acceptors (Lipinski definition) is 2. The third kappa shape index (κ3) is 3.65. The van der Waals surface area contributed by atoms with Gasteiger partial charge in [-0.15, -0.1) is 0 Å². The fourth-order valence-corrected chi connectivity index (χ4v) is 1.90. The minimum absolute atomic E-state index is 0.156. The van der Waals surface area contributed by atoms with Crippen LogP contribution in [0.15, 0.2) is 12.2 Å². The molecule has 0 rings (SSSR count). The smallest absolute Gasteiger partial charge is 0.194 e. The lowest BCUT2D eigenvalue weighted by molar-refractivity contribution is 0.273. The van der Waals surface area contributed by atoms with Gasteiger partial charge in [-0.1, -0.05) is 26.8 Å². The molecule has 0 unspecified atom stereocenters. The van der Waals surface area contributed by atoms with Gasteiger partial charge in [-0.3, -0.25) is 0 Å². The summed E-state index contributed by atoms with van der Waals surface area (Å²) < 4.78 is 5.88. The maximum absolute atomic E-state index is 8.88. The summed E-state index contributed by atoms with van der Waals surface area (Å²) in [4.78, 5) is 0. The summed E-state index contributed by atoms with van der Waals surface area (Å²) in [5.41, 5.74) is 0. The molecule has 0 saturated heterocycles. The average Bonchev–Trinajstić information content (AvgIpc) is 2.01. The van der Waals surface area contributed by atoms with Crippen LogP contribution >= 0.6 is 0 Å². The number of nitriles is 1. The Labute approximate surface area is 88.7 Å². The van der Waals surface area contributed by atoms with Crippen LogP contribution in [0.3, 0.4) is 0 Å². The Balaban J connectivity index is 4.58. The molecule has 0 heterocycles. The van der Waals surface area contributed by atoms with Crippen molar-refractivity contribution in [3.63, 3.8) is 0 Å². The van der Waals surface area contributed by atoms with Gasteiger partial charge in [0, 0.05) is 0 Å². The van der Waals surface area contributed by atoms with Crippen molar-refractivity contribution in [2.24, 2.45) is 0 Å². The second-order valence-electron chi connectivity index (χ2n) is 4.95. The molecule has 3 heteroatoms. The van der Waals surface area contributed by atoms with E-state index in [-0.39, 0.29) is 11.1 Å². The van der Waals surface area contributed by atoms with Crippen LogP contribution < -0.4 is 0 Å². The molecule has 0 aromatic rings. The lowest BCUT2D eigenvalue weighted by Crippen LogP contribution is -2.43. The van der Waals surface area contributed by atoms with E-state index in [0.29, 0.717) is 0 Å². The summed E-state index contributed by atoms with van der Waals surface area (Å²) in [6.07, 6.45) is 3.28. The van der Waals surface area contributed by atoms with Crippen molar-refractivity contribution in [2.75, 3.05) is 0 Å². The number of rotatable bonds is 3. The van der Waals surface area contributed by atoms with Gasteiger partial charge >= 0.3 is 0 Å². The number of nitrogens with zero attached hydrogens (tertiary/aromatic N) is 1. The number of hydrogen-bond donors (Lipinski definition) is 0. The lowest BCUT2D eigenvalue weighted by atomic mass is 10.2. The molecule has 0 saturated carbocycles. The highest BCUT2D eigenvalue weighted by Crippen LogP contribution is 2.37. The molecular formula is C11H21NOSi. The fourth-order valence-electron chi connectivity index (χ4n) is 0.778. The highest BCUT2D eigenvalue weighted by atomic mass is 28.4. The summed E-state index contributed by atoms with van der Waals surface area (Å²) in [5.74, 6) is 0. The van der Waals surface area contributed by atoms with E-state index in [1.165, 1.54) is 0 Å². The molecule has 0 radical (unpaired) electrons. The van der Waals surface area contributed by atoms with Crippen molar-refractivity contribution < 1.29 is 4.43 Å². The molecule has 0 aliphatic heterocycles. The molecule has 0 fully saturated rings. The van der Waals surface area contributed by atoms with Gasteiger partial charge in [0.1, 0.15) is 0 Å². The Kier molecular flexibility index (Phi) is 4.56. The molecule has 0 N–H and O–H groups in total. The maximum atomic E-state index is 8.88. The van der Waals surface area contributed by atoms with Crippen LogP contribution in [0.1, 0.15) is 27.7 Å². The van der Waals surface area contributed by atoms with E-state index in [2.05, 4.69) is 39.9 Å². The lowest BCUT2D eigenvalue weighted by Gasteiger charge is -2.37. The van der Waals surface area contributed by atoms with Gasteiger partial charge in [0.05, 0.1) is 6.07 Å². The molecule has 0 amide bonds. The SMILES string of the molecule is C/C=C/[C@@H](C#N)O[Si](C)(C)C(C)(C)C. The van der Waals surface area contributed by atoms with E-state index < -0.39 is 8.32 Å². The normalized spacial score (nSPS) is 15.5. The standard InChI is InChI=1S/C11H21NOSi/c1-7-8-10(9-12)13-14(5,6)11(2,3)4/h7-8,10H,1-6H3/b8-7+/t10-/m0/s1. The zero-order valence-corrected chi connectivity index (χ0v) is 11.1. The van der Waals surface area contributed by atoms with Crippen LogP contribution in [0, 0.1) is 11.3 Å². The second kappa shape index (κ2) is 4.76. The molecule has 0 aromatic carbocycles. The van der Waals surface area contributed by atoms with Crippen molar-refractivity contribution in [3.8, 4) is 6.07 Å². The van der Waals surface area contributed by atoms with Gasteiger partial charge in [0.25, 0.3) is 0 Å². The van der Waals surface area contributed by atoms with Crippen molar-refractivity contribution in [2.45, 2.75) is 51.9 Å². The van der Waals surface area contributed by atoms with Crippen LogP contribution in [0.2, 0.25) is 18.1 Å². The molecule has 0 aliphatic rings. The minimum atomic E-state index is -1.80.